The summed E-state index contributed by atoms with van der Waals surface area (Å²) < 4.78 is 0. The molecule has 1 aromatic carbocycles. The van der Waals surface area contributed by atoms with Gasteiger partial charge in [-0.05, 0) is 18.4 Å². The van der Waals surface area contributed by atoms with E-state index in [2.05, 4.69) is 0 Å². The molecule has 1 aliphatic rings. The van der Waals surface area contributed by atoms with E-state index in [4.69, 9.17) is 5.73 Å². The van der Waals surface area contributed by atoms with Crippen LogP contribution in [0.15, 0.2) is 30.3 Å². The zero-order chi connectivity index (χ0) is 9.97. The van der Waals surface area contributed by atoms with Crippen molar-refractivity contribution in [2.75, 3.05) is 0 Å². The molecule has 0 heterocycles. The van der Waals surface area contributed by atoms with Gasteiger partial charge in [-0.1, -0.05) is 36.8 Å². The number of aliphatic hydroxyl groups is 1. The largest absolute Gasteiger partial charge is 0.388 e. The van der Waals surface area contributed by atoms with Crippen LogP contribution in [0.1, 0.15) is 30.9 Å². The molecule has 0 aliphatic heterocycles. The van der Waals surface area contributed by atoms with E-state index in [9.17, 15) is 5.11 Å². The highest BCUT2D eigenvalue weighted by atomic mass is 16.3. The predicted molar refractivity (Wildman–Crippen MR) is 56.7 cm³/mol. The van der Waals surface area contributed by atoms with Gasteiger partial charge in [-0.15, -0.1) is 0 Å². The third-order valence-electron chi connectivity index (χ3n) is 3.17. The summed E-state index contributed by atoms with van der Waals surface area (Å²) in [5.74, 6) is 0.248. The molecule has 76 valence electrons. The normalized spacial score (nSPS) is 29.0. The molecule has 0 radical (unpaired) electrons. The van der Waals surface area contributed by atoms with Crippen LogP contribution in [0.25, 0.3) is 0 Å². The van der Waals surface area contributed by atoms with Gasteiger partial charge in [0.1, 0.15) is 0 Å². The zero-order valence-corrected chi connectivity index (χ0v) is 8.26. The van der Waals surface area contributed by atoms with Crippen molar-refractivity contribution in [3.05, 3.63) is 35.9 Å². The fourth-order valence-electron chi connectivity index (χ4n) is 2.31. The van der Waals surface area contributed by atoms with Crippen molar-refractivity contribution in [2.45, 2.75) is 31.4 Å². The molecule has 3 atom stereocenters. The summed E-state index contributed by atoms with van der Waals surface area (Å²) in [6, 6.07) is 9.99. The van der Waals surface area contributed by atoms with Crippen molar-refractivity contribution >= 4 is 0 Å². The van der Waals surface area contributed by atoms with E-state index >= 15 is 0 Å². The van der Waals surface area contributed by atoms with Crippen molar-refractivity contribution in [1.82, 2.24) is 0 Å². The van der Waals surface area contributed by atoms with Crippen molar-refractivity contribution in [3.8, 4) is 0 Å². The highest BCUT2D eigenvalue weighted by Crippen LogP contribution is 2.34. The maximum absolute atomic E-state index is 10.1. The smallest absolute Gasteiger partial charge is 0.0832 e. The minimum Gasteiger partial charge on any atom is -0.388 e. The van der Waals surface area contributed by atoms with E-state index < -0.39 is 0 Å². The molecular weight excluding hydrogens is 174 g/mol. The molecule has 0 saturated heterocycles. The van der Waals surface area contributed by atoms with Crippen LogP contribution in [0.5, 0.6) is 0 Å². The van der Waals surface area contributed by atoms with Crippen LogP contribution in [0.2, 0.25) is 0 Å². The molecule has 3 N–H and O–H groups in total. The standard InChI is InChI=1S/C12H17NO/c13-11-8-4-7-10(11)12(14)9-5-2-1-3-6-9/h1-3,5-6,10-12,14H,4,7-8,13H2/t10-,11+,12-/m1/s1. The zero-order valence-electron chi connectivity index (χ0n) is 8.26. The highest BCUT2D eigenvalue weighted by molar-refractivity contribution is 5.18. The van der Waals surface area contributed by atoms with Crippen molar-refractivity contribution < 1.29 is 5.11 Å². The van der Waals surface area contributed by atoms with E-state index in [0.717, 1.165) is 24.8 Å². The molecule has 0 aromatic heterocycles. The summed E-state index contributed by atoms with van der Waals surface area (Å²) in [6.45, 7) is 0. The first-order valence-electron chi connectivity index (χ1n) is 5.27. The second-order valence-electron chi connectivity index (χ2n) is 4.11. The first-order chi connectivity index (χ1) is 6.79. The quantitative estimate of drug-likeness (QED) is 0.749. The Morgan fingerprint density at radius 1 is 1.21 bits per heavy atom. The van der Waals surface area contributed by atoms with E-state index in [1.54, 1.807) is 0 Å². The first kappa shape index (κ1) is 9.69. The van der Waals surface area contributed by atoms with Crippen LogP contribution >= 0.6 is 0 Å². The van der Waals surface area contributed by atoms with Crippen LogP contribution in [0.3, 0.4) is 0 Å². The molecular formula is C12H17NO. The maximum atomic E-state index is 10.1. The molecule has 2 rings (SSSR count). The van der Waals surface area contributed by atoms with Gasteiger partial charge in [0.25, 0.3) is 0 Å². The van der Waals surface area contributed by atoms with E-state index in [1.807, 2.05) is 30.3 Å². The van der Waals surface area contributed by atoms with Crippen molar-refractivity contribution in [1.29, 1.82) is 0 Å². The number of nitrogens with two attached hydrogens (primary N) is 1. The molecule has 1 aromatic rings. The van der Waals surface area contributed by atoms with Gasteiger partial charge < -0.3 is 10.8 Å². The van der Waals surface area contributed by atoms with Crippen molar-refractivity contribution in [2.24, 2.45) is 11.7 Å². The Labute approximate surface area is 84.7 Å². The molecule has 0 unspecified atom stereocenters. The monoisotopic (exact) mass is 191 g/mol. The van der Waals surface area contributed by atoms with Gasteiger partial charge in [-0.2, -0.15) is 0 Å². The van der Waals surface area contributed by atoms with Crippen molar-refractivity contribution in [3.63, 3.8) is 0 Å². The SMILES string of the molecule is N[C@H]1CCC[C@H]1[C@H](O)c1ccccc1. The first-order valence-corrected chi connectivity index (χ1v) is 5.27. The Morgan fingerprint density at radius 3 is 2.50 bits per heavy atom. The van der Waals surface area contributed by atoms with Gasteiger partial charge in [0.15, 0.2) is 0 Å². The van der Waals surface area contributed by atoms with Gasteiger partial charge in [-0.25, -0.2) is 0 Å². The summed E-state index contributed by atoms with van der Waals surface area (Å²) in [5, 5.41) is 10.1. The third-order valence-corrected chi connectivity index (χ3v) is 3.17. The van der Waals surface area contributed by atoms with Gasteiger partial charge in [-0.3, -0.25) is 0 Å². The molecule has 0 bridgehead atoms. The summed E-state index contributed by atoms with van der Waals surface area (Å²) in [5.41, 5.74) is 6.95. The topological polar surface area (TPSA) is 46.2 Å². The lowest BCUT2D eigenvalue weighted by Crippen LogP contribution is -2.29. The lowest BCUT2D eigenvalue weighted by Gasteiger charge is -2.22. The van der Waals surface area contributed by atoms with Gasteiger partial charge in [0, 0.05) is 12.0 Å². The number of aliphatic hydroxyl groups excluding tert-OH is 1. The van der Waals surface area contributed by atoms with Gasteiger partial charge >= 0.3 is 0 Å². The molecule has 2 heteroatoms. The summed E-state index contributed by atoms with van der Waals surface area (Å²) in [4.78, 5) is 0. The number of rotatable bonds is 2. The lowest BCUT2D eigenvalue weighted by molar-refractivity contribution is 0.103. The summed E-state index contributed by atoms with van der Waals surface area (Å²) >= 11 is 0. The number of benzene rings is 1. The average molecular weight is 191 g/mol. The molecule has 0 amide bonds. The van der Waals surface area contributed by atoms with Crippen LogP contribution in [-0.4, -0.2) is 11.1 Å². The Morgan fingerprint density at radius 2 is 1.93 bits per heavy atom. The second kappa shape index (κ2) is 4.11. The van der Waals surface area contributed by atoms with Gasteiger partial charge in [0.2, 0.25) is 0 Å². The van der Waals surface area contributed by atoms with Crippen LogP contribution < -0.4 is 5.73 Å². The molecule has 0 spiro atoms. The Bertz CT molecular complexity index is 286. The highest BCUT2D eigenvalue weighted by Gasteiger charge is 2.30. The fourth-order valence-corrected chi connectivity index (χ4v) is 2.31. The number of hydrogen-bond acceptors (Lipinski definition) is 2. The average Bonchev–Trinajstić information content (AvgIpc) is 2.65. The molecule has 14 heavy (non-hydrogen) atoms. The minimum atomic E-state index is -0.381. The predicted octanol–water partition coefficient (Wildman–Crippen LogP) is 1.85. The van der Waals surface area contributed by atoms with E-state index in [-0.39, 0.29) is 18.1 Å². The Balaban J connectivity index is 2.12. The lowest BCUT2D eigenvalue weighted by atomic mass is 9.92. The van der Waals surface area contributed by atoms with Crippen LogP contribution in [-0.2, 0) is 0 Å². The third kappa shape index (κ3) is 1.81. The van der Waals surface area contributed by atoms with Gasteiger partial charge in [0.05, 0.1) is 6.10 Å². The molecule has 1 fully saturated rings. The molecule has 1 saturated carbocycles. The Hall–Kier alpha value is -0.860. The van der Waals surface area contributed by atoms with Crippen LogP contribution in [0, 0.1) is 5.92 Å². The molecule has 2 nitrogen and oxygen atoms in total. The maximum Gasteiger partial charge on any atom is 0.0832 e. The van der Waals surface area contributed by atoms with Crippen LogP contribution in [0.4, 0.5) is 0 Å². The second-order valence-corrected chi connectivity index (χ2v) is 4.11. The fraction of sp³-hybridized carbons (Fsp3) is 0.500. The number of hydrogen-bond donors (Lipinski definition) is 2. The minimum absolute atomic E-state index is 0.171. The summed E-state index contributed by atoms with van der Waals surface area (Å²) in [6.07, 6.45) is 2.87. The Kier molecular flexibility index (Phi) is 2.85. The van der Waals surface area contributed by atoms with E-state index in [0.29, 0.717) is 0 Å². The van der Waals surface area contributed by atoms with E-state index in [1.165, 1.54) is 0 Å². The summed E-state index contributed by atoms with van der Waals surface area (Å²) in [7, 11) is 0. The molecule has 1 aliphatic carbocycles.